The summed E-state index contributed by atoms with van der Waals surface area (Å²) < 4.78 is 1.74. The molecule has 5 nitrogen and oxygen atoms in total. The highest BCUT2D eigenvalue weighted by Crippen LogP contribution is 2.20. The van der Waals surface area contributed by atoms with Gasteiger partial charge in [-0.2, -0.15) is 5.10 Å². The van der Waals surface area contributed by atoms with Crippen molar-refractivity contribution in [3.05, 3.63) is 41.7 Å². The van der Waals surface area contributed by atoms with Gasteiger partial charge in [0, 0.05) is 18.4 Å². The molecule has 0 radical (unpaired) electrons. The van der Waals surface area contributed by atoms with Crippen LogP contribution >= 0.6 is 11.8 Å². The van der Waals surface area contributed by atoms with E-state index in [1.807, 2.05) is 31.3 Å². The monoisotopic (exact) mass is 247 g/mol. The Hall–Kier alpha value is -1.82. The van der Waals surface area contributed by atoms with Gasteiger partial charge in [0.1, 0.15) is 12.2 Å². The normalized spacial score (nSPS) is 10.4. The molecule has 0 aliphatic rings. The number of thioether (sulfide) groups is 1. The van der Waals surface area contributed by atoms with Gasteiger partial charge >= 0.3 is 0 Å². The zero-order valence-corrected chi connectivity index (χ0v) is 10.2. The first-order valence-electron chi connectivity index (χ1n) is 5.07. The fourth-order valence-electron chi connectivity index (χ4n) is 1.39. The molecule has 0 unspecified atom stereocenters. The van der Waals surface area contributed by atoms with Crippen LogP contribution in [0.3, 0.4) is 0 Å². The van der Waals surface area contributed by atoms with E-state index in [1.165, 1.54) is 6.33 Å². The summed E-state index contributed by atoms with van der Waals surface area (Å²) in [5, 5.41) is 12.3. The summed E-state index contributed by atoms with van der Waals surface area (Å²) in [4.78, 5) is 4.14. The maximum atomic E-state index is 7.38. The molecule has 1 aromatic heterocycles. The Kier molecular flexibility index (Phi) is 3.43. The van der Waals surface area contributed by atoms with Crippen molar-refractivity contribution in [1.29, 1.82) is 5.41 Å². The van der Waals surface area contributed by atoms with Crippen LogP contribution in [0, 0.1) is 5.41 Å². The summed E-state index contributed by atoms with van der Waals surface area (Å²) in [5.41, 5.74) is 7.31. The summed E-state index contributed by atoms with van der Waals surface area (Å²) in [6.45, 7) is 0. The number of hydrogen-bond acceptors (Lipinski definition) is 4. The van der Waals surface area contributed by atoms with Crippen LogP contribution in [0.2, 0.25) is 0 Å². The first kappa shape index (κ1) is 11.7. The van der Waals surface area contributed by atoms with E-state index >= 15 is 0 Å². The Morgan fingerprint density at radius 2 is 2.35 bits per heavy atom. The van der Waals surface area contributed by atoms with Gasteiger partial charge in [-0.3, -0.25) is 5.41 Å². The number of benzene rings is 1. The molecule has 0 amide bonds. The highest BCUT2D eigenvalue weighted by molar-refractivity contribution is 7.98. The van der Waals surface area contributed by atoms with E-state index in [9.17, 15) is 0 Å². The molecule has 0 atom stereocenters. The Labute approximate surface area is 104 Å². The molecule has 0 saturated heterocycles. The molecule has 0 spiro atoms. The Bertz CT molecular complexity index is 534. The number of amidine groups is 1. The summed E-state index contributed by atoms with van der Waals surface area (Å²) in [7, 11) is 1.86. The van der Waals surface area contributed by atoms with Crippen molar-refractivity contribution in [3.8, 4) is 0 Å². The number of aromatic nitrogens is 3. The molecule has 3 N–H and O–H groups in total. The minimum absolute atomic E-state index is 0.0931. The minimum atomic E-state index is 0.0931. The molecular formula is C11H13N5S. The highest BCUT2D eigenvalue weighted by atomic mass is 32.2. The first-order chi connectivity index (χ1) is 8.16. The number of nitrogen functional groups attached to an aromatic ring is 1. The minimum Gasteiger partial charge on any atom is -0.384 e. The van der Waals surface area contributed by atoms with Crippen LogP contribution in [0.1, 0.15) is 11.1 Å². The molecule has 0 aliphatic carbocycles. The van der Waals surface area contributed by atoms with Gasteiger partial charge in [-0.25, -0.2) is 9.67 Å². The number of aryl methyl sites for hydroxylation is 1. The lowest BCUT2D eigenvalue weighted by Crippen LogP contribution is -2.10. The molecule has 0 bridgehead atoms. The van der Waals surface area contributed by atoms with Crippen molar-refractivity contribution in [2.45, 2.75) is 10.9 Å². The molecule has 2 aromatic rings. The highest BCUT2D eigenvalue weighted by Gasteiger charge is 2.03. The third-order valence-corrected chi connectivity index (χ3v) is 3.38. The third-order valence-electron chi connectivity index (χ3n) is 2.28. The van der Waals surface area contributed by atoms with E-state index in [4.69, 9.17) is 11.1 Å². The largest absolute Gasteiger partial charge is 0.384 e. The van der Waals surface area contributed by atoms with E-state index in [0.717, 1.165) is 22.0 Å². The predicted molar refractivity (Wildman–Crippen MR) is 68.0 cm³/mol. The molecule has 0 aliphatic heterocycles. The molecule has 17 heavy (non-hydrogen) atoms. The zero-order valence-electron chi connectivity index (χ0n) is 9.42. The van der Waals surface area contributed by atoms with Crippen LogP contribution in [-0.4, -0.2) is 20.6 Å². The smallest absolute Gasteiger partial charge is 0.186 e. The lowest BCUT2D eigenvalue weighted by Gasteiger charge is -2.03. The average Bonchev–Trinajstić information content (AvgIpc) is 2.72. The average molecular weight is 247 g/mol. The van der Waals surface area contributed by atoms with E-state index in [2.05, 4.69) is 10.1 Å². The summed E-state index contributed by atoms with van der Waals surface area (Å²) in [6, 6.07) is 7.67. The van der Waals surface area contributed by atoms with Crippen molar-refractivity contribution in [3.63, 3.8) is 0 Å². The van der Waals surface area contributed by atoms with E-state index < -0.39 is 0 Å². The number of hydrogen-bond donors (Lipinski definition) is 2. The molecule has 0 saturated carbocycles. The standard InChI is InChI=1S/C11H13N5S/c1-16-11(14-7-15-16)17-6-8-3-2-4-9(5-8)10(12)13/h2-5,7H,6H2,1H3,(H3,12,13). The van der Waals surface area contributed by atoms with Crippen LogP contribution in [0.15, 0.2) is 35.7 Å². The van der Waals surface area contributed by atoms with Crippen molar-refractivity contribution in [2.24, 2.45) is 12.8 Å². The van der Waals surface area contributed by atoms with Gasteiger partial charge in [-0.15, -0.1) is 0 Å². The second kappa shape index (κ2) is 5.01. The van der Waals surface area contributed by atoms with Gasteiger partial charge < -0.3 is 5.73 Å². The fourth-order valence-corrected chi connectivity index (χ4v) is 2.22. The number of nitrogens with zero attached hydrogens (tertiary/aromatic N) is 3. The Balaban J connectivity index is 2.07. The molecule has 6 heteroatoms. The molecule has 0 fully saturated rings. The summed E-state index contributed by atoms with van der Waals surface area (Å²) >= 11 is 1.61. The lowest BCUT2D eigenvalue weighted by atomic mass is 10.1. The van der Waals surface area contributed by atoms with Crippen LogP contribution in [-0.2, 0) is 12.8 Å². The molecule has 1 heterocycles. The van der Waals surface area contributed by atoms with Crippen molar-refractivity contribution < 1.29 is 0 Å². The molecule has 1 aromatic carbocycles. The third kappa shape index (κ3) is 2.85. The lowest BCUT2D eigenvalue weighted by molar-refractivity contribution is 0.685. The second-order valence-electron chi connectivity index (χ2n) is 3.57. The van der Waals surface area contributed by atoms with Gasteiger partial charge in [0.25, 0.3) is 0 Å². The van der Waals surface area contributed by atoms with Crippen molar-refractivity contribution in [1.82, 2.24) is 14.8 Å². The summed E-state index contributed by atoms with van der Waals surface area (Å²) in [6.07, 6.45) is 1.54. The van der Waals surface area contributed by atoms with Gasteiger partial charge in [0.2, 0.25) is 0 Å². The SMILES string of the molecule is Cn1ncnc1SCc1cccc(C(=N)N)c1. The number of nitrogens with two attached hydrogens (primary N) is 1. The van der Waals surface area contributed by atoms with E-state index in [0.29, 0.717) is 0 Å². The first-order valence-corrected chi connectivity index (χ1v) is 6.05. The summed E-state index contributed by atoms with van der Waals surface area (Å²) in [5.74, 6) is 0.878. The van der Waals surface area contributed by atoms with E-state index in [-0.39, 0.29) is 5.84 Å². The van der Waals surface area contributed by atoms with Gasteiger partial charge in [0.05, 0.1) is 0 Å². The van der Waals surface area contributed by atoms with Gasteiger partial charge in [0.15, 0.2) is 5.16 Å². The Morgan fingerprint density at radius 1 is 1.53 bits per heavy atom. The molecular weight excluding hydrogens is 234 g/mol. The Morgan fingerprint density at radius 3 is 3.00 bits per heavy atom. The van der Waals surface area contributed by atoms with Crippen LogP contribution in [0.4, 0.5) is 0 Å². The van der Waals surface area contributed by atoms with Crippen LogP contribution in [0.5, 0.6) is 0 Å². The maximum absolute atomic E-state index is 7.38. The maximum Gasteiger partial charge on any atom is 0.186 e. The topological polar surface area (TPSA) is 80.6 Å². The van der Waals surface area contributed by atoms with Crippen molar-refractivity contribution in [2.75, 3.05) is 0 Å². The van der Waals surface area contributed by atoms with Crippen LogP contribution in [0.25, 0.3) is 0 Å². The number of nitrogens with one attached hydrogen (secondary N) is 1. The second-order valence-corrected chi connectivity index (χ2v) is 4.51. The van der Waals surface area contributed by atoms with Gasteiger partial charge in [-0.1, -0.05) is 30.0 Å². The fraction of sp³-hybridized carbons (Fsp3) is 0.182. The van der Waals surface area contributed by atoms with Gasteiger partial charge in [-0.05, 0) is 11.6 Å². The van der Waals surface area contributed by atoms with Crippen molar-refractivity contribution >= 4 is 17.6 Å². The number of rotatable bonds is 4. The molecule has 2 rings (SSSR count). The molecule has 88 valence electrons. The van der Waals surface area contributed by atoms with E-state index in [1.54, 1.807) is 16.4 Å². The quantitative estimate of drug-likeness (QED) is 0.486. The predicted octanol–water partition coefficient (Wildman–Crippen LogP) is 1.39. The van der Waals surface area contributed by atoms with Crippen LogP contribution < -0.4 is 5.73 Å². The zero-order chi connectivity index (χ0) is 12.3.